The predicted octanol–water partition coefficient (Wildman–Crippen LogP) is -0.413. The average molecular weight is 180 g/mol. The molecule has 1 unspecified atom stereocenters. The summed E-state index contributed by atoms with van der Waals surface area (Å²) in [6.45, 7) is -0.244. The highest BCUT2D eigenvalue weighted by atomic mass is 16.9. The molecule has 0 aromatic rings. The van der Waals surface area contributed by atoms with E-state index in [9.17, 15) is 0 Å². The average Bonchev–Trinajstić information content (AvgIpc) is 2.14. The molecule has 5 heteroatoms. The number of rotatable bonds is 6. The van der Waals surface area contributed by atoms with Crippen molar-refractivity contribution >= 4 is 0 Å². The molecule has 0 spiro atoms. The lowest BCUT2D eigenvalue weighted by Crippen LogP contribution is -2.50. The molecule has 0 bridgehead atoms. The Bertz CT molecular complexity index is 100. The molecule has 0 heterocycles. The van der Waals surface area contributed by atoms with Crippen molar-refractivity contribution in [3.05, 3.63) is 0 Å². The van der Waals surface area contributed by atoms with Crippen LogP contribution in [0.1, 0.15) is 0 Å². The maximum Gasteiger partial charge on any atom is 0.312 e. The van der Waals surface area contributed by atoms with Gasteiger partial charge in [-0.25, -0.2) is 0 Å². The molecule has 5 nitrogen and oxygen atoms in total. The Kier molecular flexibility index (Phi) is 5.36. The first-order valence-electron chi connectivity index (χ1n) is 3.49. The number of methoxy groups -OCH3 is 4. The normalized spacial score (nSPS) is 14.8. The van der Waals surface area contributed by atoms with E-state index < -0.39 is 12.1 Å². The third-order valence-corrected chi connectivity index (χ3v) is 1.70. The molecule has 0 radical (unpaired) electrons. The van der Waals surface area contributed by atoms with Crippen molar-refractivity contribution in [2.75, 3.05) is 35.0 Å². The Morgan fingerprint density at radius 3 is 1.58 bits per heavy atom. The van der Waals surface area contributed by atoms with Gasteiger partial charge in [-0.3, -0.25) is 0 Å². The van der Waals surface area contributed by atoms with Crippen LogP contribution in [-0.2, 0) is 18.9 Å². The molecule has 0 fully saturated rings. The van der Waals surface area contributed by atoms with E-state index in [1.54, 1.807) is 0 Å². The van der Waals surface area contributed by atoms with Gasteiger partial charge in [0.1, 0.15) is 0 Å². The second-order valence-electron chi connectivity index (χ2n) is 2.12. The number of ether oxygens (including phenoxy) is 4. The van der Waals surface area contributed by atoms with E-state index in [4.69, 9.17) is 24.1 Å². The fraction of sp³-hybridized carbons (Fsp3) is 1.00. The molecule has 74 valence electrons. The lowest BCUT2D eigenvalue weighted by atomic mass is 10.3. The third-order valence-electron chi connectivity index (χ3n) is 1.70. The van der Waals surface area contributed by atoms with Crippen LogP contribution in [0.3, 0.4) is 0 Å². The predicted molar refractivity (Wildman–Crippen MR) is 41.6 cm³/mol. The second-order valence-corrected chi connectivity index (χ2v) is 2.12. The highest BCUT2D eigenvalue weighted by molar-refractivity contribution is 4.69. The van der Waals surface area contributed by atoms with Crippen LogP contribution in [0.4, 0.5) is 0 Å². The fourth-order valence-corrected chi connectivity index (χ4v) is 0.975. The van der Waals surface area contributed by atoms with Gasteiger partial charge in [0.15, 0.2) is 6.10 Å². The molecular formula is C7H16O5. The topological polar surface area (TPSA) is 57.2 Å². The molecule has 0 saturated heterocycles. The van der Waals surface area contributed by atoms with E-state index in [1.165, 1.54) is 28.4 Å². The van der Waals surface area contributed by atoms with Gasteiger partial charge in [0.05, 0.1) is 6.61 Å². The Hall–Kier alpha value is -0.200. The van der Waals surface area contributed by atoms with Crippen molar-refractivity contribution in [1.29, 1.82) is 0 Å². The van der Waals surface area contributed by atoms with Gasteiger partial charge in [0.2, 0.25) is 0 Å². The fourth-order valence-electron chi connectivity index (χ4n) is 0.975. The summed E-state index contributed by atoms with van der Waals surface area (Å²) in [5.74, 6) is -1.33. The standard InChI is InChI=1S/C7H16O5/c1-9-6(5-8)7(10-2,11-3)12-4/h6,8H,5H2,1-4H3. The summed E-state index contributed by atoms with van der Waals surface area (Å²) in [4.78, 5) is 0. The molecule has 0 rings (SSSR count). The van der Waals surface area contributed by atoms with Gasteiger partial charge < -0.3 is 24.1 Å². The maximum atomic E-state index is 8.89. The molecule has 1 atom stereocenters. The molecule has 0 aliphatic rings. The van der Waals surface area contributed by atoms with E-state index in [-0.39, 0.29) is 6.61 Å². The van der Waals surface area contributed by atoms with Crippen molar-refractivity contribution in [2.45, 2.75) is 12.1 Å². The number of hydrogen-bond acceptors (Lipinski definition) is 5. The van der Waals surface area contributed by atoms with Crippen LogP contribution in [0.25, 0.3) is 0 Å². The van der Waals surface area contributed by atoms with Gasteiger partial charge in [-0.05, 0) is 0 Å². The quantitative estimate of drug-likeness (QED) is 0.563. The summed E-state index contributed by atoms with van der Waals surface area (Å²) in [6, 6.07) is 0. The monoisotopic (exact) mass is 180 g/mol. The highest BCUT2D eigenvalue weighted by Crippen LogP contribution is 2.19. The Morgan fingerprint density at radius 2 is 1.50 bits per heavy atom. The van der Waals surface area contributed by atoms with E-state index in [1.807, 2.05) is 0 Å². The van der Waals surface area contributed by atoms with E-state index in [0.717, 1.165) is 0 Å². The lowest BCUT2D eigenvalue weighted by Gasteiger charge is -2.33. The Morgan fingerprint density at radius 1 is 1.08 bits per heavy atom. The van der Waals surface area contributed by atoms with Crippen LogP contribution in [0.2, 0.25) is 0 Å². The van der Waals surface area contributed by atoms with Crippen LogP contribution >= 0.6 is 0 Å². The van der Waals surface area contributed by atoms with Gasteiger partial charge in [0, 0.05) is 28.4 Å². The van der Waals surface area contributed by atoms with Crippen LogP contribution in [0, 0.1) is 0 Å². The molecule has 0 aromatic carbocycles. The molecule has 1 N–H and O–H groups in total. The van der Waals surface area contributed by atoms with E-state index in [0.29, 0.717) is 0 Å². The molecule has 0 aliphatic heterocycles. The maximum absolute atomic E-state index is 8.89. The van der Waals surface area contributed by atoms with Crippen molar-refractivity contribution in [3.8, 4) is 0 Å². The van der Waals surface area contributed by atoms with Gasteiger partial charge in [-0.2, -0.15) is 0 Å². The summed E-state index contributed by atoms with van der Waals surface area (Å²) in [7, 11) is 5.67. The van der Waals surface area contributed by atoms with Crippen molar-refractivity contribution in [1.82, 2.24) is 0 Å². The summed E-state index contributed by atoms with van der Waals surface area (Å²) >= 11 is 0. The zero-order chi connectivity index (χ0) is 9.61. The van der Waals surface area contributed by atoms with Gasteiger partial charge in [-0.15, -0.1) is 0 Å². The first-order chi connectivity index (χ1) is 5.70. The van der Waals surface area contributed by atoms with Gasteiger partial charge in [0.25, 0.3) is 0 Å². The SMILES string of the molecule is COC(CO)C(OC)(OC)OC. The largest absolute Gasteiger partial charge is 0.393 e. The Labute approximate surface area is 72.2 Å². The minimum absolute atomic E-state index is 0.244. The first-order valence-corrected chi connectivity index (χ1v) is 3.49. The molecule has 0 saturated carbocycles. The van der Waals surface area contributed by atoms with Crippen LogP contribution in [0.15, 0.2) is 0 Å². The summed E-state index contributed by atoms with van der Waals surface area (Å²) in [5.41, 5.74) is 0. The Balaban J connectivity index is 4.42. The molecule has 12 heavy (non-hydrogen) atoms. The molecule has 0 aromatic heterocycles. The highest BCUT2D eigenvalue weighted by Gasteiger charge is 2.40. The van der Waals surface area contributed by atoms with E-state index in [2.05, 4.69) is 0 Å². The van der Waals surface area contributed by atoms with Crippen molar-refractivity contribution in [2.24, 2.45) is 0 Å². The molecule has 0 aliphatic carbocycles. The van der Waals surface area contributed by atoms with Crippen LogP contribution in [-0.4, -0.2) is 52.2 Å². The smallest absolute Gasteiger partial charge is 0.312 e. The van der Waals surface area contributed by atoms with Crippen LogP contribution in [0.5, 0.6) is 0 Å². The van der Waals surface area contributed by atoms with Crippen molar-refractivity contribution in [3.63, 3.8) is 0 Å². The zero-order valence-electron chi connectivity index (χ0n) is 7.86. The van der Waals surface area contributed by atoms with Gasteiger partial charge in [-0.1, -0.05) is 0 Å². The minimum atomic E-state index is -1.33. The molecular weight excluding hydrogens is 164 g/mol. The molecule has 0 amide bonds. The minimum Gasteiger partial charge on any atom is -0.393 e. The zero-order valence-corrected chi connectivity index (χ0v) is 7.86. The third kappa shape index (κ3) is 2.15. The van der Waals surface area contributed by atoms with E-state index >= 15 is 0 Å². The summed E-state index contributed by atoms with van der Waals surface area (Å²) < 4.78 is 19.8. The lowest BCUT2D eigenvalue weighted by molar-refractivity contribution is -0.394. The first kappa shape index (κ1) is 11.8. The number of aliphatic hydroxyl groups is 1. The second kappa shape index (κ2) is 5.45. The number of aliphatic hydroxyl groups excluding tert-OH is 1. The van der Waals surface area contributed by atoms with Crippen molar-refractivity contribution < 1.29 is 24.1 Å². The summed E-state index contributed by atoms with van der Waals surface area (Å²) in [6.07, 6.45) is -0.669. The van der Waals surface area contributed by atoms with Crippen LogP contribution < -0.4 is 0 Å². The van der Waals surface area contributed by atoms with Gasteiger partial charge >= 0.3 is 5.97 Å². The summed E-state index contributed by atoms with van der Waals surface area (Å²) in [5, 5.41) is 8.89. The number of hydrogen-bond donors (Lipinski definition) is 1.